The Morgan fingerprint density at radius 3 is 1.66 bits per heavy atom. The van der Waals surface area contributed by atoms with E-state index in [4.69, 9.17) is 23.2 Å². The maximum Gasteiger partial charge on any atom is 0.242 e. The van der Waals surface area contributed by atoms with E-state index in [1.807, 2.05) is 73.9 Å². The van der Waals surface area contributed by atoms with Crippen LogP contribution < -0.4 is 9.80 Å². The molecule has 2 aliphatic heterocycles. The molecule has 6 aromatic rings. The quantitative estimate of drug-likeness (QED) is 0.185. The number of anilines is 4. The molecule has 0 radical (unpaired) electrons. The van der Waals surface area contributed by atoms with Crippen LogP contribution in [0, 0.1) is 13.8 Å². The minimum absolute atomic E-state index is 0.0454. The summed E-state index contributed by atoms with van der Waals surface area (Å²) in [5.74, 6) is 3.14. The molecular weight excluding hydrogens is 631 g/mol. The standard InChI is InChI=1S/C18H15ClN4O.C18H17ClN4/c1-11-17-21-20-12(2)22(17)15-5-3-4-6-16(15)23(18(11)24)14-9-7-13(19)8-10-14;1-12-11-22(15-9-7-14(19)8-10-15)16-5-3-4-6-17(16)23-13(2)20-21-18(12)23/h3-11H,1-2H3;3-10,12H,11H2,1-2H3. The number of aryl methyl sites for hydroxylation is 2. The van der Waals surface area contributed by atoms with Crippen LogP contribution in [0.15, 0.2) is 97.1 Å². The number of rotatable bonds is 2. The van der Waals surface area contributed by atoms with Crippen molar-refractivity contribution in [2.45, 2.75) is 39.5 Å². The summed E-state index contributed by atoms with van der Waals surface area (Å²) in [4.78, 5) is 17.2. The van der Waals surface area contributed by atoms with Gasteiger partial charge in [0, 0.05) is 33.9 Å². The molecule has 0 aliphatic carbocycles. The molecule has 2 unspecified atom stereocenters. The Bertz CT molecular complexity index is 2090. The number of benzene rings is 4. The lowest BCUT2D eigenvalue weighted by atomic mass is 10.1. The highest BCUT2D eigenvalue weighted by Gasteiger charge is 2.35. The number of halogens is 2. The second-order valence-electron chi connectivity index (χ2n) is 11.7. The number of carbonyl (C=O) groups excluding carboxylic acids is 1. The summed E-state index contributed by atoms with van der Waals surface area (Å²) in [7, 11) is 0. The van der Waals surface area contributed by atoms with Crippen LogP contribution in [-0.2, 0) is 4.79 Å². The molecule has 0 fully saturated rings. The topological polar surface area (TPSA) is 85.0 Å². The summed E-state index contributed by atoms with van der Waals surface area (Å²) in [6.45, 7) is 8.78. The van der Waals surface area contributed by atoms with Crippen LogP contribution in [0.1, 0.15) is 49.0 Å². The Morgan fingerprint density at radius 2 is 1.06 bits per heavy atom. The molecule has 1 amide bonds. The molecule has 9 nitrogen and oxygen atoms in total. The van der Waals surface area contributed by atoms with E-state index >= 15 is 0 Å². The monoisotopic (exact) mass is 662 g/mol. The average molecular weight is 664 g/mol. The van der Waals surface area contributed by atoms with Crippen LogP contribution in [0.3, 0.4) is 0 Å². The predicted molar refractivity (Wildman–Crippen MR) is 186 cm³/mol. The Kier molecular flexibility index (Phi) is 8.03. The second-order valence-corrected chi connectivity index (χ2v) is 12.6. The molecule has 11 heteroatoms. The lowest BCUT2D eigenvalue weighted by Crippen LogP contribution is -2.29. The fourth-order valence-electron chi connectivity index (χ4n) is 6.27. The minimum atomic E-state index is -0.408. The number of hydrogen-bond donors (Lipinski definition) is 0. The number of amides is 1. The van der Waals surface area contributed by atoms with Crippen molar-refractivity contribution in [1.29, 1.82) is 0 Å². The van der Waals surface area contributed by atoms with Gasteiger partial charge in [0.05, 0.1) is 28.7 Å². The Labute approximate surface area is 283 Å². The van der Waals surface area contributed by atoms with Crippen LogP contribution in [0.5, 0.6) is 0 Å². The molecule has 0 N–H and O–H groups in total. The predicted octanol–water partition coefficient (Wildman–Crippen LogP) is 8.50. The van der Waals surface area contributed by atoms with Crippen LogP contribution in [0.2, 0.25) is 10.0 Å². The highest BCUT2D eigenvalue weighted by atomic mass is 35.5. The minimum Gasteiger partial charge on any atom is -0.339 e. The molecule has 2 atom stereocenters. The molecule has 236 valence electrons. The Balaban J connectivity index is 0.000000150. The van der Waals surface area contributed by atoms with Crippen molar-refractivity contribution in [2.75, 3.05) is 16.3 Å². The molecule has 0 saturated carbocycles. The van der Waals surface area contributed by atoms with E-state index in [0.29, 0.717) is 10.8 Å². The van der Waals surface area contributed by atoms with Crippen molar-refractivity contribution in [3.05, 3.63) is 130 Å². The third kappa shape index (κ3) is 5.45. The molecule has 0 spiro atoms. The van der Waals surface area contributed by atoms with E-state index in [9.17, 15) is 4.79 Å². The zero-order valence-electron chi connectivity index (χ0n) is 26.3. The van der Waals surface area contributed by atoms with Crippen molar-refractivity contribution < 1.29 is 4.79 Å². The van der Waals surface area contributed by atoms with Crippen molar-refractivity contribution in [1.82, 2.24) is 29.5 Å². The van der Waals surface area contributed by atoms with E-state index in [1.54, 1.807) is 17.0 Å². The Hall–Kier alpha value is -4.99. The SMILES string of the molecule is Cc1nnc2n1-c1ccccc1N(c1ccc(Cl)cc1)C(=O)C2C.Cc1nnc2n1-c1ccccc1N(c1ccc(Cl)cc1)CC2C. The van der Waals surface area contributed by atoms with Gasteiger partial charge in [-0.15, -0.1) is 20.4 Å². The van der Waals surface area contributed by atoms with Gasteiger partial charge in [-0.2, -0.15) is 0 Å². The van der Waals surface area contributed by atoms with E-state index in [-0.39, 0.29) is 11.8 Å². The lowest BCUT2D eigenvalue weighted by molar-refractivity contribution is -0.119. The average Bonchev–Trinajstić information content (AvgIpc) is 3.61. The first-order valence-electron chi connectivity index (χ1n) is 15.4. The molecule has 0 saturated heterocycles. The summed E-state index contributed by atoms with van der Waals surface area (Å²) in [5, 5.41) is 18.5. The van der Waals surface area contributed by atoms with Gasteiger partial charge in [-0.3, -0.25) is 18.8 Å². The van der Waals surface area contributed by atoms with Gasteiger partial charge in [0.25, 0.3) is 0 Å². The third-order valence-corrected chi connectivity index (χ3v) is 9.08. The second kappa shape index (κ2) is 12.3. The molecule has 2 aliphatic rings. The molecule has 47 heavy (non-hydrogen) atoms. The van der Waals surface area contributed by atoms with Gasteiger partial charge in [0.15, 0.2) is 0 Å². The Morgan fingerprint density at radius 1 is 0.596 bits per heavy atom. The van der Waals surface area contributed by atoms with E-state index in [1.165, 1.54) is 0 Å². The first kappa shape index (κ1) is 30.7. The maximum absolute atomic E-state index is 13.2. The summed E-state index contributed by atoms with van der Waals surface area (Å²) < 4.78 is 4.11. The summed E-state index contributed by atoms with van der Waals surface area (Å²) >= 11 is 12.0. The summed E-state index contributed by atoms with van der Waals surface area (Å²) in [5.41, 5.74) is 5.87. The number of nitrogens with zero attached hydrogens (tertiary/aromatic N) is 8. The first-order chi connectivity index (χ1) is 22.7. The largest absolute Gasteiger partial charge is 0.339 e. The fraction of sp³-hybridized carbons (Fsp3) is 0.194. The highest BCUT2D eigenvalue weighted by Crippen LogP contribution is 2.40. The lowest BCUT2D eigenvalue weighted by Gasteiger charge is -2.26. The van der Waals surface area contributed by atoms with Gasteiger partial charge in [0.2, 0.25) is 5.91 Å². The van der Waals surface area contributed by atoms with Crippen LogP contribution >= 0.6 is 23.2 Å². The van der Waals surface area contributed by atoms with E-state index < -0.39 is 5.92 Å². The normalized spacial score (nSPS) is 16.6. The third-order valence-electron chi connectivity index (χ3n) is 8.58. The molecule has 2 aromatic heterocycles. The summed E-state index contributed by atoms with van der Waals surface area (Å²) in [6, 6.07) is 31.4. The van der Waals surface area contributed by atoms with Gasteiger partial charge >= 0.3 is 0 Å². The number of hydrogen-bond acceptors (Lipinski definition) is 6. The van der Waals surface area contributed by atoms with E-state index in [2.05, 4.69) is 73.2 Å². The van der Waals surface area contributed by atoms with Gasteiger partial charge in [-0.25, -0.2) is 0 Å². The molecule has 8 rings (SSSR count). The zero-order valence-corrected chi connectivity index (χ0v) is 27.9. The van der Waals surface area contributed by atoms with Crippen molar-refractivity contribution in [2.24, 2.45) is 0 Å². The molecule has 0 bridgehead atoms. The van der Waals surface area contributed by atoms with Gasteiger partial charge in [-0.1, -0.05) is 54.4 Å². The van der Waals surface area contributed by atoms with Gasteiger partial charge in [-0.05, 0) is 93.6 Å². The first-order valence-corrected chi connectivity index (χ1v) is 16.1. The number of para-hydroxylation sites is 4. The van der Waals surface area contributed by atoms with Crippen LogP contribution in [0.25, 0.3) is 11.4 Å². The fourth-order valence-corrected chi connectivity index (χ4v) is 6.53. The number of carbonyl (C=O) groups is 1. The van der Waals surface area contributed by atoms with Crippen molar-refractivity contribution in [3.8, 4) is 11.4 Å². The van der Waals surface area contributed by atoms with Crippen molar-refractivity contribution in [3.63, 3.8) is 0 Å². The smallest absolute Gasteiger partial charge is 0.242 e. The molecule has 4 heterocycles. The summed E-state index contributed by atoms with van der Waals surface area (Å²) in [6.07, 6.45) is 0. The zero-order chi connectivity index (χ0) is 32.8. The van der Waals surface area contributed by atoms with Crippen LogP contribution in [0.4, 0.5) is 22.7 Å². The van der Waals surface area contributed by atoms with Gasteiger partial charge < -0.3 is 4.90 Å². The molecular formula is C36H32Cl2N8O. The number of aromatic nitrogens is 6. The molecule has 4 aromatic carbocycles. The van der Waals surface area contributed by atoms with Gasteiger partial charge in [0.1, 0.15) is 23.3 Å². The van der Waals surface area contributed by atoms with Crippen LogP contribution in [-0.4, -0.2) is 42.0 Å². The highest BCUT2D eigenvalue weighted by molar-refractivity contribution is 6.31. The maximum atomic E-state index is 13.2. The number of fused-ring (bicyclic) bond motifs is 6. The van der Waals surface area contributed by atoms with Crippen molar-refractivity contribution >= 4 is 51.9 Å². The van der Waals surface area contributed by atoms with E-state index in [0.717, 1.165) is 63.2 Å².